The molecule has 2 N–H and O–H groups in total. The Morgan fingerprint density at radius 2 is 2.06 bits per heavy atom. The predicted octanol–water partition coefficient (Wildman–Crippen LogP) is 2.55. The van der Waals surface area contributed by atoms with E-state index in [1.807, 2.05) is 0 Å². The second-order valence-corrected chi connectivity index (χ2v) is 5.27. The van der Waals surface area contributed by atoms with Gasteiger partial charge in [-0.1, -0.05) is 15.9 Å². The summed E-state index contributed by atoms with van der Waals surface area (Å²) in [7, 11) is 1.33. The number of methoxy groups -OCH3 is 1. The van der Waals surface area contributed by atoms with Crippen LogP contribution in [0.4, 0.5) is 0 Å². The summed E-state index contributed by atoms with van der Waals surface area (Å²) >= 11 is 4.61. The van der Waals surface area contributed by atoms with E-state index >= 15 is 0 Å². The molecule has 17 heavy (non-hydrogen) atoms. The minimum Gasteiger partial charge on any atom is -0.465 e. The molecule has 1 aromatic carbocycles. The topological polar surface area (TPSA) is 69.4 Å². The van der Waals surface area contributed by atoms with Crippen molar-refractivity contribution in [3.8, 4) is 0 Å². The summed E-state index contributed by atoms with van der Waals surface area (Å²) in [5.41, 5.74) is 5.62. The van der Waals surface area contributed by atoms with E-state index < -0.39 is 11.9 Å². The number of amides is 1. The molecule has 0 radical (unpaired) electrons. The Morgan fingerprint density at radius 3 is 2.65 bits per heavy atom. The molecule has 2 aromatic rings. The van der Waals surface area contributed by atoms with Crippen molar-refractivity contribution < 1.29 is 14.3 Å². The standard InChI is InChI=1S/C11H8BrNO3S/c1-16-11(15)9-4-6-7(12)2-5(10(13)14)3-8(6)17-9/h2-4H,1H3,(H2,13,14). The lowest BCUT2D eigenvalue weighted by atomic mass is 10.1. The van der Waals surface area contributed by atoms with Gasteiger partial charge in [0.25, 0.3) is 0 Å². The van der Waals surface area contributed by atoms with Gasteiger partial charge in [-0.15, -0.1) is 11.3 Å². The number of nitrogens with two attached hydrogens (primary N) is 1. The maximum atomic E-state index is 11.4. The van der Waals surface area contributed by atoms with Gasteiger partial charge in [0.2, 0.25) is 5.91 Å². The van der Waals surface area contributed by atoms with Crippen molar-refractivity contribution in [1.29, 1.82) is 0 Å². The molecule has 1 amide bonds. The fourth-order valence-corrected chi connectivity index (χ4v) is 3.19. The number of thiophene rings is 1. The van der Waals surface area contributed by atoms with Crippen molar-refractivity contribution in [3.05, 3.63) is 33.1 Å². The Morgan fingerprint density at radius 1 is 1.35 bits per heavy atom. The van der Waals surface area contributed by atoms with Crippen LogP contribution < -0.4 is 5.73 Å². The molecule has 0 spiro atoms. The maximum Gasteiger partial charge on any atom is 0.348 e. The molecule has 4 nitrogen and oxygen atoms in total. The van der Waals surface area contributed by atoms with Crippen LogP contribution in [0.5, 0.6) is 0 Å². The molecule has 6 heteroatoms. The van der Waals surface area contributed by atoms with Crippen LogP contribution in [0.25, 0.3) is 10.1 Å². The minimum atomic E-state index is -0.499. The van der Waals surface area contributed by atoms with Crippen LogP contribution in [-0.2, 0) is 4.74 Å². The van der Waals surface area contributed by atoms with Gasteiger partial charge in [0.1, 0.15) is 4.88 Å². The number of primary amides is 1. The summed E-state index contributed by atoms with van der Waals surface area (Å²) in [6.45, 7) is 0. The quantitative estimate of drug-likeness (QED) is 0.866. The first kappa shape index (κ1) is 12.1. The first-order chi connectivity index (χ1) is 8.02. The Hall–Kier alpha value is -1.40. The molecular formula is C11H8BrNO3S. The fraction of sp³-hybridized carbons (Fsp3) is 0.0909. The average molecular weight is 314 g/mol. The summed E-state index contributed by atoms with van der Waals surface area (Å²) < 4.78 is 6.19. The average Bonchev–Trinajstić information content (AvgIpc) is 2.72. The van der Waals surface area contributed by atoms with Crippen LogP contribution in [0, 0.1) is 0 Å². The third-order valence-corrected chi connectivity index (χ3v) is 3.98. The summed E-state index contributed by atoms with van der Waals surface area (Å²) in [5.74, 6) is -0.889. The van der Waals surface area contributed by atoms with Gasteiger partial charge in [0.15, 0.2) is 0 Å². The van der Waals surface area contributed by atoms with Gasteiger partial charge in [-0.25, -0.2) is 4.79 Å². The molecule has 0 fully saturated rings. The number of carbonyl (C=O) groups is 2. The highest BCUT2D eigenvalue weighted by molar-refractivity contribution is 9.10. The second kappa shape index (κ2) is 4.46. The molecule has 0 atom stereocenters. The number of hydrogen-bond donors (Lipinski definition) is 1. The molecule has 0 aliphatic carbocycles. The van der Waals surface area contributed by atoms with Gasteiger partial charge in [-0.2, -0.15) is 0 Å². The van der Waals surface area contributed by atoms with E-state index in [0.29, 0.717) is 10.4 Å². The molecule has 0 bridgehead atoms. The second-order valence-electron chi connectivity index (χ2n) is 3.34. The van der Waals surface area contributed by atoms with Crippen LogP contribution in [0.3, 0.4) is 0 Å². The van der Waals surface area contributed by atoms with Gasteiger partial charge in [0.05, 0.1) is 7.11 Å². The van der Waals surface area contributed by atoms with E-state index in [2.05, 4.69) is 20.7 Å². The smallest absolute Gasteiger partial charge is 0.348 e. The van der Waals surface area contributed by atoms with Crippen molar-refractivity contribution in [2.45, 2.75) is 0 Å². The number of esters is 1. The molecule has 0 unspecified atom stereocenters. The molecule has 2 rings (SSSR count). The van der Waals surface area contributed by atoms with Crippen molar-refractivity contribution in [1.82, 2.24) is 0 Å². The zero-order valence-electron chi connectivity index (χ0n) is 8.82. The van der Waals surface area contributed by atoms with Crippen molar-refractivity contribution >= 4 is 49.2 Å². The van der Waals surface area contributed by atoms with Crippen LogP contribution >= 0.6 is 27.3 Å². The molecular weight excluding hydrogens is 306 g/mol. The van der Waals surface area contributed by atoms with Crippen LogP contribution in [-0.4, -0.2) is 19.0 Å². The molecule has 88 valence electrons. The first-order valence-corrected chi connectivity index (χ1v) is 6.25. The number of benzene rings is 1. The lowest BCUT2D eigenvalue weighted by Crippen LogP contribution is -2.10. The number of ether oxygens (including phenoxy) is 1. The maximum absolute atomic E-state index is 11.4. The predicted molar refractivity (Wildman–Crippen MR) is 69.4 cm³/mol. The molecule has 0 aliphatic heterocycles. The third-order valence-electron chi connectivity index (χ3n) is 2.26. The molecule has 0 aliphatic rings. The van der Waals surface area contributed by atoms with E-state index in [0.717, 1.165) is 14.6 Å². The summed E-state index contributed by atoms with van der Waals surface area (Å²) in [6, 6.07) is 5.03. The largest absolute Gasteiger partial charge is 0.465 e. The Kier molecular flexibility index (Phi) is 3.17. The summed E-state index contributed by atoms with van der Waals surface area (Å²) in [5, 5.41) is 0.861. The number of fused-ring (bicyclic) bond motifs is 1. The van der Waals surface area contributed by atoms with Gasteiger partial charge >= 0.3 is 5.97 Å². The van der Waals surface area contributed by atoms with Gasteiger partial charge in [0, 0.05) is 20.1 Å². The van der Waals surface area contributed by atoms with Crippen molar-refractivity contribution in [3.63, 3.8) is 0 Å². The Bertz CT molecular complexity index is 620. The fourth-order valence-electron chi connectivity index (χ4n) is 1.44. The summed E-state index contributed by atoms with van der Waals surface area (Å²) in [4.78, 5) is 23.0. The Balaban J connectivity index is 2.64. The highest BCUT2D eigenvalue weighted by Crippen LogP contribution is 2.33. The molecule has 0 saturated heterocycles. The van der Waals surface area contributed by atoms with Crippen molar-refractivity contribution in [2.24, 2.45) is 5.73 Å². The monoisotopic (exact) mass is 313 g/mol. The van der Waals surface area contributed by atoms with E-state index in [1.54, 1.807) is 18.2 Å². The number of halogens is 1. The van der Waals surface area contributed by atoms with E-state index in [1.165, 1.54) is 18.4 Å². The molecule has 1 aromatic heterocycles. The van der Waals surface area contributed by atoms with E-state index in [9.17, 15) is 9.59 Å². The van der Waals surface area contributed by atoms with Crippen LogP contribution in [0.1, 0.15) is 20.0 Å². The number of rotatable bonds is 2. The van der Waals surface area contributed by atoms with Gasteiger partial charge < -0.3 is 10.5 Å². The van der Waals surface area contributed by atoms with Crippen LogP contribution in [0.2, 0.25) is 0 Å². The first-order valence-electron chi connectivity index (χ1n) is 4.64. The Labute approximate surface area is 109 Å². The van der Waals surface area contributed by atoms with Crippen LogP contribution in [0.15, 0.2) is 22.7 Å². The normalized spacial score (nSPS) is 10.5. The molecule has 0 saturated carbocycles. The van der Waals surface area contributed by atoms with E-state index in [-0.39, 0.29) is 0 Å². The van der Waals surface area contributed by atoms with Gasteiger partial charge in [-0.3, -0.25) is 4.79 Å². The lowest BCUT2D eigenvalue weighted by molar-refractivity contribution is 0.0606. The van der Waals surface area contributed by atoms with Crippen molar-refractivity contribution in [2.75, 3.05) is 7.11 Å². The zero-order chi connectivity index (χ0) is 12.6. The third kappa shape index (κ3) is 2.18. The highest BCUT2D eigenvalue weighted by atomic mass is 79.9. The SMILES string of the molecule is COC(=O)c1cc2c(Br)cc(C(N)=O)cc2s1. The summed E-state index contributed by atoms with van der Waals surface area (Å²) in [6.07, 6.45) is 0. The highest BCUT2D eigenvalue weighted by Gasteiger charge is 2.14. The number of carbonyl (C=O) groups excluding carboxylic acids is 2. The lowest BCUT2D eigenvalue weighted by Gasteiger charge is -1.98. The van der Waals surface area contributed by atoms with Gasteiger partial charge in [-0.05, 0) is 18.2 Å². The number of hydrogen-bond acceptors (Lipinski definition) is 4. The minimum absolute atomic E-state index is 0.390. The van der Waals surface area contributed by atoms with E-state index in [4.69, 9.17) is 5.73 Å². The zero-order valence-corrected chi connectivity index (χ0v) is 11.2. The molecule has 1 heterocycles.